The molecule has 146 valence electrons. The highest BCUT2D eigenvalue weighted by Crippen LogP contribution is 2.33. The van der Waals surface area contributed by atoms with Gasteiger partial charge in [0.2, 0.25) is 0 Å². The van der Waals surface area contributed by atoms with E-state index in [1.54, 1.807) is 7.11 Å². The molecule has 3 aromatic carbocycles. The monoisotopic (exact) mass is 392 g/mol. The van der Waals surface area contributed by atoms with Gasteiger partial charge in [0.25, 0.3) is 0 Å². The summed E-state index contributed by atoms with van der Waals surface area (Å²) in [6, 6.07) is 27.9. The van der Waals surface area contributed by atoms with Crippen molar-refractivity contribution in [3.8, 4) is 22.7 Å². The molecule has 5 rings (SSSR count). The van der Waals surface area contributed by atoms with Crippen molar-refractivity contribution in [2.45, 2.75) is 0 Å². The number of rotatable bonds is 5. The average molecular weight is 392 g/mol. The van der Waals surface area contributed by atoms with E-state index < -0.39 is 0 Å². The average Bonchev–Trinajstić information content (AvgIpc) is 3.34. The first-order valence-electron chi connectivity index (χ1n) is 9.72. The summed E-state index contributed by atoms with van der Waals surface area (Å²) in [6.45, 7) is 0. The molecule has 0 aliphatic carbocycles. The number of para-hydroxylation sites is 2. The molecule has 5 nitrogen and oxygen atoms in total. The predicted octanol–water partition coefficient (Wildman–Crippen LogP) is 5.84. The summed E-state index contributed by atoms with van der Waals surface area (Å²) in [4.78, 5) is 9.81. The van der Waals surface area contributed by atoms with E-state index in [0.29, 0.717) is 5.82 Å². The van der Waals surface area contributed by atoms with Crippen molar-refractivity contribution in [1.29, 1.82) is 0 Å². The standard InChI is InChI=1S/C25H20N4O/c1-30-19-13-14-23(29-15-7-8-16-29)22(17-19)28-25-24(18-9-3-2-4-10-18)26-20-11-5-6-12-21(20)27-25/h2-17H,1H3,(H,27,28). The number of hydrogen-bond acceptors (Lipinski definition) is 4. The summed E-state index contributed by atoms with van der Waals surface area (Å²) < 4.78 is 7.52. The summed E-state index contributed by atoms with van der Waals surface area (Å²) in [5.41, 5.74) is 5.38. The van der Waals surface area contributed by atoms with Crippen molar-refractivity contribution in [2.75, 3.05) is 12.4 Å². The zero-order chi connectivity index (χ0) is 20.3. The molecule has 5 aromatic rings. The van der Waals surface area contributed by atoms with Gasteiger partial charge in [0.05, 0.1) is 29.5 Å². The van der Waals surface area contributed by atoms with E-state index in [1.807, 2.05) is 97.3 Å². The highest BCUT2D eigenvalue weighted by atomic mass is 16.5. The molecule has 0 saturated heterocycles. The third-order valence-corrected chi connectivity index (χ3v) is 4.96. The second-order valence-electron chi connectivity index (χ2n) is 6.87. The van der Waals surface area contributed by atoms with Crippen molar-refractivity contribution < 1.29 is 4.74 Å². The first-order valence-corrected chi connectivity index (χ1v) is 9.72. The van der Waals surface area contributed by atoms with Crippen LogP contribution in [0, 0.1) is 0 Å². The molecule has 0 saturated carbocycles. The number of benzene rings is 3. The number of aromatic nitrogens is 3. The topological polar surface area (TPSA) is 52.0 Å². The Morgan fingerprint density at radius 2 is 1.47 bits per heavy atom. The maximum Gasteiger partial charge on any atom is 0.157 e. The molecule has 2 heterocycles. The van der Waals surface area contributed by atoms with E-state index in [1.165, 1.54) is 0 Å². The molecule has 0 amide bonds. The third kappa shape index (κ3) is 3.37. The minimum Gasteiger partial charge on any atom is -0.497 e. The Morgan fingerprint density at radius 1 is 0.767 bits per heavy atom. The SMILES string of the molecule is COc1ccc(-n2cccc2)c(Nc2nc3ccccc3nc2-c2ccccc2)c1. The molecule has 0 atom stereocenters. The van der Waals surface area contributed by atoms with Crippen LogP contribution >= 0.6 is 0 Å². The number of nitrogens with one attached hydrogen (secondary N) is 1. The van der Waals surface area contributed by atoms with Crippen LogP contribution in [0.1, 0.15) is 0 Å². The van der Waals surface area contributed by atoms with E-state index in [4.69, 9.17) is 14.7 Å². The molecule has 2 aromatic heterocycles. The Balaban J connectivity index is 1.69. The maximum atomic E-state index is 5.46. The fraction of sp³-hybridized carbons (Fsp3) is 0.0400. The highest BCUT2D eigenvalue weighted by molar-refractivity contribution is 5.85. The summed E-state index contributed by atoms with van der Waals surface area (Å²) in [7, 11) is 1.67. The van der Waals surface area contributed by atoms with Crippen LogP contribution in [0.5, 0.6) is 5.75 Å². The first kappa shape index (κ1) is 17.9. The van der Waals surface area contributed by atoms with Crippen molar-refractivity contribution in [3.63, 3.8) is 0 Å². The molecule has 5 heteroatoms. The van der Waals surface area contributed by atoms with Crippen LogP contribution in [0.25, 0.3) is 28.0 Å². The zero-order valence-electron chi connectivity index (χ0n) is 16.5. The minimum atomic E-state index is 0.696. The number of ether oxygens (including phenoxy) is 1. The third-order valence-electron chi connectivity index (χ3n) is 4.96. The number of fused-ring (bicyclic) bond motifs is 1. The molecule has 0 aliphatic rings. The van der Waals surface area contributed by atoms with Crippen LogP contribution in [0.3, 0.4) is 0 Å². The minimum absolute atomic E-state index is 0.696. The van der Waals surface area contributed by atoms with Gasteiger partial charge in [-0.15, -0.1) is 0 Å². The molecule has 0 fully saturated rings. The Kier molecular flexibility index (Phi) is 4.62. The van der Waals surface area contributed by atoms with Gasteiger partial charge in [0, 0.05) is 24.0 Å². The van der Waals surface area contributed by atoms with Gasteiger partial charge in [-0.05, 0) is 36.4 Å². The lowest BCUT2D eigenvalue weighted by Gasteiger charge is -2.16. The van der Waals surface area contributed by atoms with E-state index in [9.17, 15) is 0 Å². The fourth-order valence-electron chi connectivity index (χ4n) is 3.47. The van der Waals surface area contributed by atoms with Gasteiger partial charge in [0.1, 0.15) is 11.4 Å². The summed E-state index contributed by atoms with van der Waals surface area (Å²) >= 11 is 0. The number of anilines is 2. The van der Waals surface area contributed by atoms with Gasteiger partial charge in [0.15, 0.2) is 5.82 Å². The Morgan fingerprint density at radius 3 is 2.20 bits per heavy atom. The van der Waals surface area contributed by atoms with Gasteiger partial charge in [-0.3, -0.25) is 0 Å². The van der Waals surface area contributed by atoms with Crippen molar-refractivity contribution in [1.82, 2.24) is 14.5 Å². The Bertz CT molecular complexity index is 1300. The quantitative estimate of drug-likeness (QED) is 0.408. The molecule has 0 bridgehead atoms. The number of methoxy groups -OCH3 is 1. The number of hydrogen-bond donors (Lipinski definition) is 1. The van der Waals surface area contributed by atoms with E-state index in [-0.39, 0.29) is 0 Å². The molecular weight excluding hydrogens is 372 g/mol. The molecule has 30 heavy (non-hydrogen) atoms. The highest BCUT2D eigenvalue weighted by Gasteiger charge is 2.14. The lowest BCUT2D eigenvalue weighted by molar-refractivity contribution is 0.415. The van der Waals surface area contributed by atoms with Crippen molar-refractivity contribution >= 4 is 22.5 Å². The zero-order valence-corrected chi connectivity index (χ0v) is 16.5. The van der Waals surface area contributed by atoms with Crippen molar-refractivity contribution in [3.05, 3.63) is 97.3 Å². The van der Waals surface area contributed by atoms with Gasteiger partial charge >= 0.3 is 0 Å². The fourth-order valence-corrected chi connectivity index (χ4v) is 3.47. The molecule has 0 aliphatic heterocycles. The summed E-state index contributed by atoms with van der Waals surface area (Å²) in [5, 5.41) is 3.52. The molecule has 0 spiro atoms. The molecule has 1 N–H and O–H groups in total. The summed E-state index contributed by atoms with van der Waals surface area (Å²) in [6.07, 6.45) is 4.02. The van der Waals surface area contributed by atoms with Crippen LogP contribution in [-0.4, -0.2) is 21.6 Å². The van der Waals surface area contributed by atoms with Crippen molar-refractivity contribution in [2.24, 2.45) is 0 Å². The first-order chi connectivity index (χ1) is 14.8. The number of nitrogens with zero attached hydrogens (tertiary/aromatic N) is 3. The second-order valence-corrected chi connectivity index (χ2v) is 6.87. The van der Waals surface area contributed by atoms with Gasteiger partial charge in [-0.1, -0.05) is 42.5 Å². The lowest BCUT2D eigenvalue weighted by atomic mass is 10.1. The summed E-state index contributed by atoms with van der Waals surface area (Å²) in [5.74, 6) is 1.46. The van der Waals surface area contributed by atoms with E-state index in [2.05, 4.69) is 9.88 Å². The maximum absolute atomic E-state index is 5.46. The van der Waals surface area contributed by atoms with Crippen LogP contribution in [-0.2, 0) is 0 Å². The Labute approximate surface area is 174 Å². The van der Waals surface area contributed by atoms with Crippen LogP contribution in [0.2, 0.25) is 0 Å². The van der Waals surface area contributed by atoms with E-state index >= 15 is 0 Å². The van der Waals surface area contributed by atoms with Crippen LogP contribution in [0.4, 0.5) is 11.5 Å². The van der Waals surface area contributed by atoms with Gasteiger partial charge in [-0.25, -0.2) is 9.97 Å². The van der Waals surface area contributed by atoms with Crippen LogP contribution < -0.4 is 10.1 Å². The smallest absolute Gasteiger partial charge is 0.157 e. The lowest BCUT2D eigenvalue weighted by Crippen LogP contribution is -2.04. The largest absolute Gasteiger partial charge is 0.497 e. The van der Waals surface area contributed by atoms with Gasteiger partial charge < -0.3 is 14.6 Å². The molecular formula is C25H20N4O. The predicted molar refractivity (Wildman–Crippen MR) is 121 cm³/mol. The van der Waals surface area contributed by atoms with E-state index in [0.717, 1.165) is 39.4 Å². The normalized spacial score (nSPS) is 10.8. The molecule has 0 unspecified atom stereocenters. The Hall–Kier alpha value is -4.12. The molecule has 0 radical (unpaired) electrons. The van der Waals surface area contributed by atoms with Crippen LogP contribution in [0.15, 0.2) is 97.3 Å². The second kappa shape index (κ2) is 7.72. The van der Waals surface area contributed by atoms with Gasteiger partial charge in [-0.2, -0.15) is 0 Å².